The number of nitrogens with zero attached hydrogens (tertiary/aromatic N) is 1. The zero-order valence-electron chi connectivity index (χ0n) is 11.7. The van der Waals surface area contributed by atoms with E-state index < -0.39 is 11.5 Å². The highest BCUT2D eigenvalue weighted by atomic mass is 16.4. The van der Waals surface area contributed by atoms with Crippen molar-refractivity contribution >= 4 is 5.97 Å². The highest BCUT2D eigenvalue weighted by Crippen LogP contribution is 2.27. The van der Waals surface area contributed by atoms with Crippen LogP contribution in [0.5, 0.6) is 0 Å². The summed E-state index contributed by atoms with van der Waals surface area (Å²) < 4.78 is 5.47. The minimum atomic E-state index is -1.13. The second-order valence-corrected chi connectivity index (χ2v) is 5.56. The van der Waals surface area contributed by atoms with Crippen LogP contribution >= 0.6 is 0 Å². The first-order chi connectivity index (χ1) is 10.1. The van der Waals surface area contributed by atoms with Crippen molar-refractivity contribution in [2.24, 2.45) is 5.73 Å². The van der Waals surface area contributed by atoms with Crippen LogP contribution in [0.3, 0.4) is 0 Å². The molecule has 5 nitrogen and oxygen atoms in total. The van der Waals surface area contributed by atoms with Crippen molar-refractivity contribution in [2.75, 3.05) is 13.1 Å². The lowest BCUT2D eigenvalue weighted by molar-refractivity contribution is -0.142. The Morgan fingerprint density at radius 3 is 2.81 bits per heavy atom. The zero-order valence-corrected chi connectivity index (χ0v) is 11.7. The van der Waals surface area contributed by atoms with Gasteiger partial charge in [-0.05, 0) is 24.1 Å². The van der Waals surface area contributed by atoms with Gasteiger partial charge in [0.1, 0.15) is 11.3 Å². The van der Waals surface area contributed by atoms with Gasteiger partial charge in [0.05, 0.1) is 6.26 Å². The Balaban J connectivity index is 1.79. The number of rotatable bonds is 4. The van der Waals surface area contributed by atoms with Crippen LogP contribution in [-0.2, 0) is 11.3 Å². The fourth-order valence-electron chi connectivity index (χ4n) is 2.80. The summed E-state index contributed by atoms with van der Waals surface area (Å²) in [6.45, 7) is 1.73. The topological polar surface area (TPSA) is 79.7 Å². The number of aliphatic carboxylic acids is 1. The van der Waals surface area contributed by atoms with Crippen LogP contribution in [0.15, 0.2) is 47.1 Å². The summed E-state index contributed by atoms with van der Waals surface area (Å²) in [5.74, 6) is -0.105. The molecule has 3 N–H and O–H groups in total. The summed E-state index contributed by atoms with van der Waals surface area (Å²) in [5, 5.41) is 9.19. The number of likely N-dealkylation sites (tertiary alicyclic amines) is 1. The van der Waals surface area contributed by atoms with Gasteiger partial charge in [-0.3, -0.25) is 9.69 Å². The number of carbonyl (C=O) groups is 1. The number of hydrogen-bond acceptors (Lipinski definition) is 4. The highest BCUT2D eigenvalue weighted by molar-refractivity contribution is 5.79. The third-order valence-electron chi connectivity index (χ3n) is 4.00. The summed E-state index contributed by atoms with van der Waals surface area (Å²) >= 11 is 0. The molecule has 1 aliphatic heterocycles. The third kappa shape index (κ3) is 2.70. The molecule has 110 valence electrons. The molecule has 3 rings (SSSR count). The lowest BCUT2D eigenvalue weighted by Gasteiger charge is -2.20. The Morgan fingerprint density at radius 2 is 2.14 bits per heavy atom. The van der Waals surface area contributed by atoms with E-state index in [-0.39, 0.29) is 0 Å². The second-order valence-electron chi connectivity index (χ2n) is 5.56. The first-order valence-corrected chi connectivity index (χ1v) is 6.95. The van der Waals surface area contributed by atoms with Crippen molar-refractivity contribution in [3.63, 3.8) is 0 Å². The van der Waals surface area contributed by atoms with Crippen LogP contribution < -0.4 is 5.73 Å². The molecule has 2 heterocycles. The van der Waals surface area contributed by atoms with Crippen LogP contribution in [0.25, 0.3) is 11.3 Å². The maximum atomic E-state index is 11.2. The average molecular weight is 286 g/mol. The molecule has 2 aromatic rings. The van der Waals surface area contributed by atoms with Crippen molar-refractivity contribution in [1.82, 2.24) is 4.90 Å². The third-order valence-corrected chi connectivity index (χ3v) is 4.00. The Kier molecular flexibility index (Phi) is 3.53. The Morgan fingerprint density at radius 1 is 1.33 bits per heavy atom. The van der Waals surface area contributed by atoms with Gasteiger partial charge in [0.15, 0.2) is 0 Å². The molecule has 21 heavy (non-hydrogen) atoms. The van der Waals surface area contributed by atoms with E-state index in [0.717, 1.165) is 16.9 Å². The highest BCUT2D eigenvalue weighted by Gasteiger charge is 2.41. The maximum absolute atomic E-state index is 11.2. The summed E-state index contributed by atoms with van der Waals surface area (Å²) in [5.41, 5.74) is 6.94. The molecule has 1 saturated heterocycles. The number of benzene rings is 1. The summed E-state index contributed by atoms with van der Waals surface area (Å²) in [4.78, 5) is 13.3. The van der Waals surface area contributed by atoms with Gasteiger partial charge in [-0.1, -0.05) is 24.3 Å². The van der Waals surface area contributed by atoms with E-state index in [1.54, 1.807) is 6.26 Å². The van der Waals surface area contributed by atoms with E-state index in [9.17, 15) is 9.90 Å². The van der Waals surface area contributed by atoms with Crippen LogP contribution in [-0.4, -0.2) is 34.6 Å². The summed E-state index contributed by atoms with van der Waals surface area (Å²) in [7, 11) is 0. The van der Waals surface area contributed by atoms with Gasteiger partial charge >= 0.3 is 5.97 Å². The van der Waals surface area contributed by atoms with Gasteiger partial charge < -0.3 is 15.3 Å². The molecule has 0 saturated carbocycles. The first-order valence-electron chi connectivity index (χ1n) is 6.95. The molecule has 0 amide bonds. The second kappa shape index (κ2) is 5.35. The predicted molar refractivity (Wildman–Crippen MR) is 78.6 cm³/mol. The van der Waals surface area contributed by atoms with Crippen LogP contribution in [0.1, 0.15) is 12.0 Å². The number of nitrogens with two attached hydrogens (primary N) is 1. The van der Waals surface area contributed by atoms with Crippen molar-refractivity contribution in [2.45, 2.75) is 18.5 Å². The van der Waals surface area contributed by atoms with Crippen molar-refractivity contribution in [1.29, 1.82) is 0 Å². The van der Waals surface area contributed by atoms with E-state index in [0.29, 0.717) is 26.1 Å². The minimum Gasteiger partial charge on any atom is -0.480 e. The Hall–Kier alpha value is -2.11. The summed E-state index contributed by atoms with van der Waals surface area (Å²) in [6.07, 6.45) is 2.13. The molecule has 0 radical (unpaired) electrons. The molecular formula is C16H18N2O3. The van der Waals surface area contributed by atoms with Crippen molar-refractivity contribution in [3.05, 3.63) is 48.2 Å². The number of carboxylic acid groups (broad SMARTS) is 1. The first kappa shape index (κ1) is 13.9. The van der Waals surface area contributed by atoms with E-state index in [2.05, 4.69) is 4.90 Å². The Labute approximate surface area is 123 Å². The lowest BCUT2D eigenvalue weighted by atomic mass is 10.0. The molecule has 1 aromatic heterocycles. The monoisotopic (exact) mass is 286 g/mol. The van der Waals surface area contributed by atoms with E-state index in [1.807, 2.05) is 36.4 Å². The van der Waals surface area contributed by atoms with E-state index >= 15 is 0 Å². The zero-order chi connectivity index (χ0) is 14.9. The van der Waals surface area contributed by atoms with Crippen molar-refractivity contribution in [3.8, 4) is 11.3 Å². The molecule has 0 spiro atoms. The van der Waals surface area contributed by atoms with Crippen LogP contribution in [0.4, 0.5) is 0 Å². The number of hydrogen-bond donors (Lipinski definition) is 2. The Bertz CT molecular complexity index is 639. The summed E-state index contributed by atoms with van der Waals surface area (Å²) in [6, 6.07) is 11.8. The fraction of sp³-hybridized carbons (Fsp3) is 0.312. The largest absolute Gasteiger partial charge is 0.480 e. The minimum absolute atomic E-state index is 0.370. The van der Waals surface area contributed by atoms with E-state index in [1.165, 1.54) is 0 Å². The van der Waals surface area contributed by atoms with Crippen molar-refractivity contribution < 1.29 is 14.3 Å². The molecule has 1 fully saturated rings. The van der Waals surface area contributed by atoms with Crippen LogP contribution in [0.2, 0.25) is 0 Å². The quantitative estimate of drug-likeness (QED) is 0.897. The van der Waals surface area contributed by atoms with Gasteiger partial charge in [-0.15, -0.1) is 0 Å². The molecule has 5 heteroatoms. The lowest BCUT2D eigenvalue weighted by Crippen LogP contribution is -2.50. The average Bonchev–Trinajstić information content (AvgIpc) is 3.10. The van der Waals surface area contributed by atoms with Crippen LogP contribution in [0, 0.1) is 0 Å². The molecule has 0 bridgehead atoms. The maximum Gasteiger partial charge on any atom is 0.325 e. The molecule has 1 aliphatic rings. The molecule has 1 unspecified atom stereocenters. The van der Waals surface area contributed by atoms with Gasteiger partial charge in [0.25, 0.3) is 0 Å². The fourth-order valence-corrected chi connectivity index (χ4v) is 2.80. The number of carboxylic acids is 1. The standard InChI is InChI=1S/C16H18N2O3/c17-16(15(19)20)7-8-18(11-16)10-12-4-1-2-5-13(12)14-6-3-9-21-14/h1-6,9H,7-8,10-11,17H2,(H,19,20). The van der Waals surface area contributed by atoms with Gasteiger partial charge in [-0.2, -0.15) is 0 Å². The molecule has 1 atom stereocenters. The van der Waals surface area contributed by atoms with Gasteiger partial charge in [0.2, 0.25) is 0 Å². The predicted octanol–water partition coefficient (Wildman–Crippen LogP) is 1.93. The number of furan rings is 1. The van der Waals surface area contributed by atoms with Gasteiger partial charge in [0, 0.05) is 25.2 Å². The van der Waals surface area contributed by atoms with Gasteiger partial charge in [-0.25, -0.2) is 0 Å². The molecule has 1 aromatic carbocycles. The normalized spacial score (nSPS) is 22.5. The molecular weight excluding hydrogens is 268 g/mol. The SMILES string of the molecule is NC1(C(=O)O)CCN(Cc2ccccc2-c2ccco2)C1. The molecule has 0 aliphatic carbocycles. The van der Waals surface area contributed by atoms with E-state index in [4.69, 9.17) is 10.2 Å². The smallest absolute Gasteiger partial charge is 0.325 e.